The Balaban J connectivity index is 1.33. The zero-order valence-corrected chi connectivity index (χ0v) is 17.7. The van der Waals surface area contributed by atoms with Crippen LogP contribution in [0.25, 0.3) is 11.0 Å². The number of hydrogen-bond donors (Lipinski definition) is 4. The van der Waals surface area contributed by atoms with E-state index in [9.17, 15) is 14.7 Å². The van der Waals surface area contributed by atoms with Crippen LogP contribution >= 0.6 is 0 Å². The molecule has 1 fully saturated rings. The summed E-state index contributed by atoms with van der Waals surface area (Å²) in [5, 5.41) is 15.9. The maximum absolute atomic E-state index is 12.5. The van der Waals surface area contributed by atoms with Crippen LogP contribution in [0, 0.1) is 6.92 Å². The molecule has 1 saturated carbocycles. The quantitative estimate of drug-likeness (QED) is 0.437. The number of aliphatic hydroxyl groups is 1. The zero-order chi connectivity index (χ0) is 21.8. The van der Waals surface area contributed by atoms with Crippen LogP contribution in [0.2, 0.25) is 0 Å². The van der Waals surface area contributed by atoms with E-state index >= 15 is 0 Å². The molecule has 0 unspecified atom stereocenters. The van der Waals surface area contributed by atoms with Gasteiger partial charge in [0, 0.05) is 30.9 Å². The Morgan fingerprint density at radius 1 is 1.19 bits per heavy atom. The first-order valence-electron chi connectivity index (χ1n) is 10.9. The Bertz CT molecular complexity index is 1090. The molecular formula is C23H29N5O3. The molecule has 0 saturated heterocycles. The molecule has 1 amide bonds. The van der Waals surface area contributed by atoms with Crippen LogP contribution < -0.4 is 16.3 Å². The summed E-state index contributed by atoms with van der Waals surface area (Å²) < 4.78 is 1.77. The van der Waals surface area contributed by atoms with E-state index in [1.54, 1.807) is 16.7 Å². The molecule has 1 aliphatic rings. The van der Waals surface area contributed by atoms with E-state index in [0.717, 1.165) is 36.2 Å². The van der Waals surface area contributed by atoms with Crippen molar-refractivity contribution in [2.75, 3.05) is 18.4 Å². The summed E-state index contributed by atoms with van der Waals surface area (Å²) in [5.74, 6) is 0.660. The maximum atomic E-state index is 12.5. The molecule has 0 atom stereocenters. The van der Waals surface area contributed by atoms with E-state index in [1.165, 1.54) is 0 Å². The van der Waals surface area contributed by atoms with Gasteiger partial charge in [-0.2, -0.15) is 0 Å². The van der Waals surface area contributed by atoms with Gasteiger partial charge in [-0.05, 0) is 68.9 Å². The molecule has 8 nitrogen and oxygen atoms in total. The van der Waals surface area contributed by atoms with Gasteiger partial charge in [0.25, 0.3) is 5.91 Å². The number of hydrogen-bond acceptors (Lipinski definition) is 5. The van der Waals surface area contributed by atoms with E-state index in [2.05, 4.69) is 20.6 Å². The van der Waals surface area contributed by atoms with Crippen LogP contribution in [-0.4, -0.2) is 44.7 Å². The highest BCUT2D eigenvalue weighted by Crippen LogP contribution is 2.29. The molecule has 0 bridgehead atoms. The summed E-state index contributed by atoms with van der Waals surface area (Å²) >= 11 is 0. The molecule has 4 N–H and O–H groups in total. The van der Waals surface area contributed by atoms with Crippen molar-refractivity contribution in [3.05, 3.63) is 58.1 Å². The first-order valence-corrected chi connectivity index (χ1v) is 10.9. The number of H-pyrrole nitrogens is 1. The number of carbonyl (C=O) groups excluding carboxylic acids is 1. The number of aromatic amines is 1. The van der Waals surface area contributed by atoms with Gasteiger partial charge in [-0.1, -0.05) is 6.07 Å². The van der Waals surface area contributed by atoms with Crippen LogP contribution in [0.15, 0.2) is 41.3 Å². The maximum Gasteiger partial charge on any atom is 0.326 e. The third-order valence-corrected chi connectivity index (χ3v) is 5.87. The summed E-state index contributed by atoms with van der Waals surface area (Å²) in [6.07, 6.45) is 5.29. The molecule has 1 aliphatic carbocycles. The van der Waals surface area contributed by atoms with Crippen molar-refractivity contribution < 1.29 is 9.90 Å². The molecule has 2 aromatic heterocycles. The summed E-state index contributed by atoms with van der Waals surface area (Å²) in [6.45, 7) is 3.24. The summed E-state index contributed by atoms with van der Waals surface area (Å²) in [7, 11) is 0. The van der Waals surface area contributed by atoms with Crippen molar-refractivity contribution in [1.82, 2.24) is 19.9 Å². The largest absolute Gasteiger partial charge is 0.393 e. The fraction of sp³-hybridized carbons (Fsp3) is 0.435. The second-order valence-corrected chi connectivity index (χ2v) is 8.25. The molecule has 0 radical (unpaired) electrons. The number of anilines is 1. The van der Waals surface area contributed by atoms with Crippen molar-refractivity contribution in [1.29, 1.82) is 0 Å². The van der Waals surface area contributed by atoms with Crippen molar-refractivity contribution in [2.45, 2.75) is 51.2 Å². The number of imidazole rings is 1. The zero-order valence-electron chi connectivity index (χ0n) is 17.7. The summed E-state index contributed by atoms with van der Waals surface area (Å²) in [5.41, 5.74) is 2.94. The topological polar surface area (TPSA) is 112 Å². The van der Waals surface area contributed by atoms with E-state index < -0.39 is 0 Å². The fourth-order valence-corrected chi connectivity index (χ4v) is 4.13. The number of benzene rings is 1. The number of nitrogens with zero attached hydrogens (tertiary/aromatic N) is 2. The minimum absolute atomic E-state index is 0.0832. The summed E-state index contributed by atoms with van der Waals surface area (Å²) in [4.78, 5) is 32.2. The molecule has 8 heteroatoms. The van der Waals surface area contributed by atoms with Crippen LogP contribution in [0.4, 0.5) is 5.82 Å². The Kier molecular flexibility index (Phi) is 6.36. The number of fused-ring (bicyclic) bond motifs is 1. The first kappa shape index (κ1) is 21.1. The predicted molar refractivity (Wildman–Crippen MR) is 120 cm³/mol. The smallest absolute Gasteiger partial charge is 0.326 e. The lowest BCUT2D eigenvalue weighted by Gasteiger charge is -2.26. The van der Waals surface area contributed by atoms with Gasteiger partial charge in [0.2, 0.25) is 0 Å². The lowest BCUT2D eigenvalue weighted by atomic mass is 9.93. The average Bonchev–Trinajstić information content (AvgIpc) is 3.10. The third-order valence-electron chi connectivity index (χ3n) is 5.87. The number of rotatable bonds is 7. The molecule has 4 rings (SSSR count). The Labute approximate surface area is 180 Å². The Hall–Kier alpha value is -3.13. The number of nitrogens with one attached hydrogen (secondary N) is 3. The second-order valence-electron chi connectivity index (χ2n) is 8.25. The number of aliphatic hydroxyl groups excluding tert-OH is 1. The molecule has 1 aromatic carbocycles. The van der Waals surface area contributed by atoms with Gasteiger partial charge in [-0.3, -0.25) is 9.36 Å². The van der Waals surface area contributed by atoms with Gasteiger partial charge in [0.1, 0.15) is 5.82 Å². The van der Waals surface area contributed by atoms with Crippen molar-refractivity contribution in [3.8, 4) is 0 Å². The number of amides is 1. The SMILES string of the molecule is Cc1ccc(NCCCNC(=O)c2ccc3c(c2)[nH]c(=O)n3C2CCC(O)CC2)nc1. The molecule has 31 heavy (non-hydrogen) atoms. The van der Waals surface area contributed by atoms with E-state index in [-0.39, 0.29) is 23.7 Å². The van der Waals surface area contributed by atoms with Crippen LogP contribution in [0.1, 0.15) is 54.1 Å². The lowest BCUT2D eigenvalue weighted by molar-refractivity contribution is 0.0953. The molecule has 0 aliphatic heterocycles. The van der Waals surface area contributed by atoms with Crippen LogP contribution in [0.5, 0.6) is 0 Å². The van der Waals surface area contributed by atoms with Crippen molar-refractivity contribution in [3.63, 3.8) is 0 Å². The number of aromatic nitrogens is 3. The van der Waals surface area contributed by atoms with Gasteiger partial charge in [0.15, 0.2) is 0 Å². The molecule has 0 spiro atoms. The molecule has 164 valence electrons. The second kappa shape index (κ2) is 9.34. The van der Waals surface area contributed by atoms with Crippen LogP contribution in [0.3, 0.4) is 0 Å². The minimum atomic E-state index is -0.268. The van der Waals surface area contributed by atoms with Gasteiger partial charge < -0.3 is 20.7 Å². The number of carbonyl (C=O) groups is 1. The third kappa shape index (κ3) is 4.96. The highest BCUT2D eigenvalue weighted by atomic mass is 16.3. The number of pyridine rings is 1. The first-order chi connectivity index (χ1) is 15.0. The lowest BCUT2D eigenvalue weighted by Crippen LogP contribution is -2.27. The van der Waals surface area contributed by atoms with Gasteiger partial charge in [-0.15, -0.1) is 0 Å². The van der Waals surface area contributed by atoms with E-state index in [4.69, 9.17) is 0 Å². The molecular weight excluding hydrogens is 394 g/mol. The normalized spacial score (nSPS) is 18.8. The van der Waals surface area contributed by atoms with Gasteiger partial charge >= 0.3 is 5.69 Å². The monoisotopic (exact) mass is 423 g/mol. The Morgan fingerprint density at radius 3 is 2.74 bits per heavy atom. The van der Waals surface area contributed by atoms with E-state index in [1.807, 2.05) is 31.3 Å². The van der Waals surface area contributed by atoms with Crippen LogP contribution in [-0.2, 0) is 0 Å². The van der Waals surface area contributed by atoms with Gasteiger partial charge in [-0.25, -0.2) is 9.78 Å². The highest BCUT2D eigenvalue weighted by molar-refractivity contribution is 5.97. The predicted octanol–water partition coefficient (Wildman–Crippen LogP) is 2.74. The highest BCUT2D eigenvalue weighted by Gasteiger charge is 2.24. The van der Waals surface area contributed by atoms with E-state index in [0.29, 0.717) is 37.0 Å². The summed E-state index contributed by atoms with van der Waals surface area (Å²) in [6, 6.07) is 9.34. The minimum Gasteiger partial charge on any atom is -0.393 e. The molecule has 3 aromatic rings. The van der Waals surface area contributed by atoms with Crippen molar-refractivity contribution >= 4 is 22.8 Å². The average molecular weight is 424 g/mol. The standard InChI is InChI=1S/C23H29N5O3/c1-15-3-10-21(26-14-15)24-11-2-12-25-22(30)16-4-9-20-19(13-16)27-23(31)28(20)17-5-7-18(29)8-6-17/h3-4,9-10,13-14,17-18,29H,2,5-8,11-12H2,1H3,(H,24,26)(H,25,30)(H,27,31). The van der Waals surface area contributed by atoms with Gasteiger partial charge in [0.05, 0.1) is 17.1 Å². The fourth-order valence-electron chi connectivity index (χ4n) is 4.13. The Morgan fingerprint density at radius 2 is 2.00 bits per heavy atom. The molecule has 2 heterocycles. The van der Waals surface area contributed by atoms with Crippen molar-refractivity contribution in [2.24, 2.45) is 0 Å². The number of aryl methyl sites for hydroxylation is 1.